The molecule has 0 bridgehead atoms. The molecule has 2 heterocycles. The Morgan fingerprint density at radius 1 is 0.920 bits per heavy atom. The van der Waals surface area contributed by atoms with E-state index in [1.165, 1.54) is 27.6 Å². The van der Waals surface area contributed by atoms with Crippen LogP contribution in [0.5, 0.6) is 17.2 Å². The van der Waals surface area contributed by atoms with Gasteiger partial charge in [-0.05, 0) is 67.9 Å². The van der Waals surface area contributed by atoms with Crippen molar-refractivity contribution in [2.75, 3.05) is 84.6 Å². The van der Waals surface area contributed by atoms with Crippen LogP contribution >= 0.6 is 23.2 Å². The quantitative estimate of drug-likeness (QED) is 0.157. The van der Waals surface area contributed by atoms with Crippen LogP contribution in [0.15, 0.2) is 54.6 Å². The Morgan fingerprint density at radius 2 is 1.64 bits per heavy atom. The minimum absolute atomic E-state index is 0.0275. The first-order chi connectivity index (χ1) is 23.9. The fourth-order valence-electron chi connectivity index (χ4n) is 6.48. The largest absolute Gasteiger partial charge is 0.493 e. The zero-order valence-electron chi connectivity index (χ0n) is 29.2. The van der Waals surface area contributed by atoms with Crippen LogP contribution in [0.4, 0.5) is 5.95 Å². The van der Waals surface area contributed by atoms with Crippen molar-refractivity contribution in [3.05, 3.63) is 75.8 Å². The molecule has 1 atom stereocenters. The van der Waals surface area contributed by atoms with Crippen LogP contribution in [0.3, 0.4) is 0 Å². The number of halogens is 2. The minimum atomic E-state index is -3.15. The van der Waals surface area contributed by atoms with Gasteiger partial charge in [0.1, 0.15) is 9.84 Å². The summed E-state index contributed by atoms with van der Waals surface area (Å²) in [5.41, 5.74) is 3.21. The molecule has 0 spiro atoms. The SMILES string of the molecule is COc1cc(C(=O)N(C)CC(CCN2CCCN(c3nc4ccccc4n3CCS(C)(=O)=O)CC2)c2ccc(Cl)c(Cl)c2)cc(OC)c1OC. The summed E-state index contributed by atoms with van der Waals surface area (Å²) in [7, 11) is 3.21. The number of hydrogen-bond acceptors (Lipinski definition) is 9. The maximum Gasteiger partial charge on any atom is 0.253 e. The summed E-state index contributed by atoms with van der Waals surface area (Å²) in [6, 6.07) is 16.8. The lowest BCUT2D eigenvalue weighted by molar-refractivity contribution is 0.0782. The smallest absolute Gasteiger partial charge is 0.253 e. The molecule has 1 fully saturated rings. The number of carbonyl (C=O) groups excluding carboxylic acids is 1. The normalized spacial score (nSPS) is 14.7. The molecule has 0 radical (unpaired) electrons. The Kier molecular flexibility index (Phi) is 12.4. The number of benzene rings is 3. The molecule has 0 N–H and O–H groups in total. The van der Waals surface area contributed by atoms with Crippen molar-refractivity contribution in [1.82, 2.24) is 19.4 Å². The lowest BCUT2D eigenvalue weighted by Crippen LogP contribution is -2.35. The van der Waals surface area contributed by atoms with E-state index in [1.54, 1.807) is 30.1 Å². The molecule has 0 aliphatic carbocycles. The van der Waals surface area contributed by atoms with E-state index in [4.69, 9.17) is 42.4 Å². The van der Waals surface area contributed by atoms with Crippen molar-refractivity contribution < 1.29 is 27.4 Å². The molecule has 1 saturated heterocycles. The molecule has 4 aromatic rings. The average Bonchev–Trinajstić information content (AvgIpc) is 3.31. The number of methoxy groups -OCH3 is 3. The lowest BCUT2D eigenvalue weighted by atomic mass is 9.94. The predicted octanol–water partition coefficient (Wildman–Crippen LogP) is 5.87. The lowest BCUT2D eigenvalue weighted by Gasteiger charge is -2.28. The number of amides is 1. The summed E-state index contributed by atoms with van der Waals surface area (Å²) in [5, 5.41) is 0.947. The number of carbonyl (C=O) groups is 1. The second-order valence-electron chi connectivity index (χ2n) is 12.6. The van der Waals surface area contributed by atoms with Crippen molar-refractivity contribution in [2.24, 2.45) is 0 Å². The number of anilines is 1. The number of para-hydroxylation sites is 2. The summed E-state index contributed by atoms with van der Waals surface area (Å²) in [5.74, 6) is 1.88. The van der Waals surface area contributed by atoms with Crippen LogP contribution in [0.25, 0.3) is 11.0 Å². The number of sulfone groups is 1. The van der Waals surface area contributed by atoms with Crippen molar-refractivity contribution in [2.45, 2.75) is 25.3 Å². The highest BCUT2D eigenvalue weighted by Crippen LogP contribution is 2.39. The third-order valence-electron chi connectivity index (χ3n) is 9.15. The van der Waals surface area contributed by atoms with E-state index in [9.17, 15) is 13.2 Å². The topological polar surface area (TPSA) is 106 Å². The highest BCUT2D eigenvalue weighted by atomic mass is 35.5. The highest BCUT2D eigenvalue weighted by Gasteiger charge is 2.25. The molecule has 5 rings (SSSR count). The van der Waals surface area contributed by atoms with Gasteiger partial charge in [0.25, 0.3) is 5.91 Å². The molecule has 11 nitrogen and oxygen atoms in total. The van der Waals surface area contributed by atoms with Crippen LogP contribution in [0, 0.1) is 0 Å². The van der Waals surface area contributed by atoms with E-state index in [0.717, 1.165) is 68.1 Å². The Bertz CT molecular complexity index is 1900. The van der Waals surface area contributed by atoms with Gasteiger partial charge >= 0.3 is 0 Å². The third kappa shape index (κ3) is 8.95. The van der Waals surface area contributed by atoms with Gasteiger partial charge in [0.15, 0.2) is 11.5 Å². The van der Waals surface area contributed by atoms with Gasteiger partial charge < -0.3 is 33.5 Å². The molecule has 1 aliphatic heterocycles. The fraction of sp³-hybridized carbons (Fsp3) is 0.444. The molecule has 1 amide bonds. The number of aryl methyl sites for hydroxylation is 1. The molecule has 14 heteroatoms. The fourth-order valence-corrected chi connectivity index (χ4v) is 7.30. The number of aromatic nitrogens is 2. The Morgan fingerprint density at radius 3 is 2.30 bits per heavy atom. The maximum atomic E-state index is 13.8. The zero-order valence-corrected chi connectivity index (χ0v) is 31.5. The van der Waals surface area contributed by atoms with E-state index in [0.29, 0.717) is 45.9 Å². The van der Waals surface area contributed by atoms with Gasteiger partial charge in [-0.25, -0.2) is 13.4 Å². The molecule has 0 saturated carbocycles. The molecular formula is C36H45Cl2N5O6S. The van der Waals surface area contributed by atoms with Crippen molar-refractivity contribution in [3.63, 3.8) is 0 Å². The summed E-state index contributed by atoms with van der Waals surface area (Å²) in [6.45, 7) is 4.86. The van der Waals surface area contributed by atoms with Crippen LogP contribution in [-0.2, 0) is 16.4 Å². The van der Waals surface area contributed by atoms with Gasteiger partial charge in [-0.15, -0.1) is 0 Å². The van der Waals surface area contributed by atoms with Crippen LogP contribution in [-0.4, -0.2) is 113 Å². The molecule has 50 heavy (non-hydrogen) atoms. The maximum absolute atomic E-state index is 13.8. The zero-order chi connectivity index (χ0) is 36.0. The second kappa shape index (κ2) is 16.5. The molecule has 1 aromatic heterocycles. The van der Waals surface area contributed by atoms with E-state index >= 15 is 0 Å². The molecule has 270 valence electrons. The third-order valence-corrected chi connectivity index (χ3v) is 10.8. The van der Waals surface area contributed by atoms with Crippen molar-refractivity contribution >= 4 is 55.9 Å². The Hall–Kier alpha value is -3.71. The van der Waals surface area contributed by atoms with E-state index < -0.39 is 9.84 Å². The number of ether oxygens (including phenoxy) is 3. The summed E-state index contributed by atoms with van der Waals surface area (Å²) in [4.78, 5) is 25.1. The number of fused-ring (bicyclic) bond motifs is 1. The first kappa shape index (κ1) is 37.5. The van der Waals surface area contributed by atoms with Gasteiger partial charge in [0.05, 0.1) is 48.2 Å². The highest BCUT2D eigenvalue weighted by molar-refractivity contribution is 7.90. The molecule has 3 aromatic carbocycles. The van der Waals surface area contributed by atoms with Crippen LogP contribution in [0.1, 0.15) is 34.7 Å². The Balaban J connectivity index is 1.31. The first-order valence-electron chi connectivity index (χ1n) is 16.5. The number of hydrogen-bond donors (Lipinski definition) is 0. The van der Waals surface area contributed by atoms with Gasteiger partial charge in [-0.2, -0.15) is 0 Å². The number of rotatable bonds is 14. The summed E-state index contributed by atoms with van der Waals surface area (Å²) < 4.78 is 42.6. The van der Waals surface area contributed by atoms with Gasteiger partial charge in [0, 0.05) is 57.5 Å². The van der Waals surface area contributed by atoms with Crippen LogP contribution in [0.2, 0.25) is 10.0 Å². The van der Waals surface area contributed by atoms with E-state index in [1.807, 2.05) is 41.0 Å². The predicted molar refractivity (Wildman–Crippen MR) is 200 cm³/mol. The van der Waals surface area contributed by atoms with Crippen molar-refractivity contribution in [3.8, 4) is 17.2 Å². The average molecular weight is 747 g/mol. The number of likely N-dealkylation sites (N-methyl/N-ethyl adjacent to an activating group) is 1. The Labute approximate surface area is 304 Å². The van der Waals surface area contributed by atoms with Gasteiger partial charge in [0.2, 0.25) is 11.7 Å². The summed E-state index contributed by atoms with van der Waals surface area (Å²) in [6.07, 6.45) is 2.96. The first-order valence-corrected chi connectivity index (χ1v) is 19.3. The second-order valence-corrected chi connectivity index (χ2v) is 15.7. The van der Waals surface area contributed by atoms with Gasteiger partial charge in [-0.1, -0.05) is 41.4 Å². The molecular weight excluding hydrogens is 701 g/mol. The van der Waals surface area contributed by atoms with E-state index in [2.05, 4.69) is 9.80 Å². The molecule has 1 aliphatic rings. The van der Waals surface area contributed by atoms with E-state index in [-0.39, 0.29) is 17.6 Å². The van der Waals surface area contributed by atoms with Crippen LogP contribution < -0.4 is 19.1 Å². The molecule has 1 unspecified atom stereocenters. The van der Waals surface area contributed by atoms with Crippen molar-refractivity contribution in [1.29, 1.82) is 0 Å². The number of imidazole rings is 1. The summed E-state index contributed by atoms with van der Waals surface area (Å²) >= 11 is 12.8. The van der Waals surface area contributed by atoms with Gasteiger partial charge in [-0.3, -0.25) is 4.79 Å². The minimum Gasteiger partial charge on any atom is -0.493 e. The standard InChI is InChI=1S/C36H45Cl2N5O6S/c1-40(35(44)27-22-32(47-2)34(49-4)33(23-27)48-3)24-26(25-11-12-28(37)29(38)21-25)13-16-41-14-8-15-42(18-17-41)36-39-30-9-6-7-10-31(30)43(36)19-20-50(5,45)46/h6-7,9-12,21-23,26H,8,13-20,24H2,1-5H3. The number of nitrogens with zero attached hydrogens (tertiary/aromatic N) is 5. The monoisotopic (exact) mass is 745 g/mol.